The molecular weight excluding hydrogens is 192 g/mol. The van der Waals surface area contributed by atoms with Crippen molar-refractivity contribution in [1.82, 2.24) is 0 Å². The van der Waals surface area contributed by atoms with Gasteiger partial charge in [0.1, 0.15) is 0 Å². The normalized spacial score (nSPS) is 8.71. The molecule has 0 heterocycles. The van der Waals surface area contributed by atoms with Crippen LogP contribution < -0.4 is 0 Å². The third-order valence-corrected chi connectivity index (χ3v) is 0.879. The lowest BCUT2D eigenvalue weighted by atomic mass is 10.7. The molecule has 78 valence electrons. The van der Waals surface area contributed by atoms with Gasteiger partial charge in [-0.1, -0.05) is 0 Å². The zero-order valence-electron chi connectivity index (χ0n) is 7.86. The van der Waals surface area contributed by atoms with Crippen LogP contribution in [0.4, 0.5) is 0 Å². The first kappa shape index (κ1) is 12.2. The summed E-state index contributed by atoms with van der Waals surface area (Å²) in [5, 5.41) is 0. The predicted octanol–water partition coefficient (Wildman–Crippen LogP) is 0.127. The second-order valence-corrected chi connectivity index (χ2v) is 2.22. The first-order chi connectivity index (χ1) is 6.41. The molecule has 0 N–H and O–H groups in total. The second-order valence-electron chi connectivity index (χ2n) is 2.22. The van der Waals surface area contributed by atoms with E-state index in [1.807, 2.05) is 0 Å². The molecule has 0 radical (unpaired) electrons. The van der Waals surface area contributed by atoms with Crippen molar-refractivity contribution in [2.45, 2.75) is 13.8 Å². The summed E-state index contributed by atoms with van der Waals surface area (Å²) < 4.78 is 13.0. The Morgan fingerprint density at radius 1 is 1.07 bits per heavy atom. The van der Waals surface area contributed by atoms with Gasteiger partial charge in [0.25, 0.3) is 5.95 Å². The third kappa shape index (κ3) is 6.84. The molecule has 0 spiro atoms. The van der Waals surface area contributed by atoms with Crippen molar-refractivity contribution < 1.29 is 28.6 Å². The maximum atomic E-state index is 10.8. The van der Waals surface area contributed by atoms with E-state index in [1.54, 1.807) is 0 Å². The average Bonchev–Trinajstić information content (AvgIpc) is 1.98. The molecule has 0 aliphatic carbocycles. The fourth-order valence-corrected chi connectivity index (χ4v) is 0.498. The van der Waals surface area contributed by atoms with E-state index < -0.39 is 30.5 Å². The molecule has 0 unspecified atom stereocenters. The van der Waals surface area contributed by atoms with Gasteiger partial charge in [-0.2, -0.15) is 0 Å². The first-order valence-corrected chi connectivity index (χ1v) is 3.63. The Morgan fingerprint density at radius 3 is 2.07 bits per heavy atom. The van der Waals surface area contributed by atoms with Crippen molar-refractivity contribution in [1.29, 1.82) is 0 Å². The Hall–Kier alpha value is -1.85. The number of hydrogen-bond donors (Lipinski definition) is 0. The Morgan fingerprint density at radius 2 is 1.64 bits per heavy atom. The Balaban J connectivity index is 3.77. The summed E-state index contributed by atoms with van der Waals surface area (Å²) in [6, 6.07) is 0. The molecule has 0 aromatic heterocycles. The topological polar surface area (TPSA) is 78.9 Å². The molecule has 0 saturated heterocycles. The van der Waals surface area contributed by atoms with Gasteiger partial charge >= 0.3 is 17.9 Å². The summed E-state index contributed by atoms with van der Waals surface area (Å²) in [5.74, 6) is -2.59. The third-order valence-electron chi connectivity index (χ3n) is 0.879. The van der Waals surface area contributed by atoms with Crippen molar-refractivity contribution >= 4 is 17.9 Å². The summed E-state index contributed by atoms with van der Waals surface area (Å²) in [7, 11) is 0. The van der Waals surface area contributed by atoms with E-state index >= 15 is 0 Å². The number of carbonyl (C=O) groups excluding carboxylic acids is 3. The Kier molecular flexibility index (Phi) is 4.98. The van der Waals surface area contributed by atoms with E-state index in [0.717, 1.165) is 13.8 Å². The van der Waals surface area contributed by atoms with Gasteiger partial charge in [-0.15, -0.1) is 0 Å². The molecule has 0 fully saturated rings. The van der Waals surface area contributed by atoms with Gasteiger partial charge in [0, 0.05) is 13.8 Å². The van der Waals surface area contributed by atoms with Gasteiger partial charge < -0.3 is 14.2 Å². The number of ether oxygens (including phenoxy) is 3. The van der Waals surface area contributed by atoms with E-state index in [9.17, 15) is 14.4 Å². The molecule has 0 bridgehead atoms. The highest BCUT2D eigenvalue weighted by atomic mass is 16.7. The van der Waals surface area contributed by atoms with Gasteiger partial charge in [0.05, 0.1) is 0 Å². The molecule has 0 aliphatic rings. The van der Waals surface area contributed by atoms with Crippen molar-refractivity contribution in [3.63, 3.8) is 0 Å². The summed E-state index contributed by atoms with van der Waals surface area (Å²) >= 11 is 0. The minimum absolute atomic E-state index is 0.449. The van der Waals surface area contributed by atoms with E-state index in [4.69, 9.17) is 0 Å². The summed E-state index contributed by atoms with van der Waals surface area (Å²) in [5.41, 5.74) is 0. The minimum atomic E-state index is -0.869. The number of esters is 3. The van der Waals surface area contributed by atoms with Gasteiger partial charge in [-0.3, -0.25) is 9.59 Å². The standard InChI is InChI=1S/C8H10O6/c1-5(9)12-4-8(11)14-7(3)13-6(2)10/h3-4H2,1-2H3. The van der Waals surface area contributed by atoms with Crippen molar-refractivity contribution in [2.24, 2.45) is 0 Å². The van der Waals surface area contributed by atoms with Crippen LogP contribution in [0.5, 0.6) is 0 Å². The van der Waals surface area contributed by atoms with Gasteiger partial charge in [-0.05, 0) is 6.58 Å². The highest BCUT2D eigenvalue weighted by Gasteiger charge is 2.09. The molecule has 0 aromatic rings. The lowest BCUT2D eigenvalue weighted by molar-refractivity contribution is -0.161. The van der Waals surface area contributed by atoms with E-state index in [2.05, 4.69) is 20.8 Å². The van der Waals surface area contributed by atoms with E-state index in [-0.39, 0.29) is 0 Å². The maximum absolute atomic E-state index is 10.8. The predicted molar refractivity (Wildman–Crippen MR) is 43.6 cm³/mol. The zero-order valence-corrected chi connectivity index (χ0v) is 7.86. The fourth-order valence-electron chi connectivity index (χ4n) is 0.498. The zero-order chi connectivity index (χ0) is 11.1. The Bertz CT molecular complexity index is 267. The van der Waals surface area contributed by atoms with E-state index in [0.29, 0.717) is 0 Å². The molecular formula is C8H10O6. The van der Waals surface area contributed by atoms with Crippen LogP contribution in [0, 0.1) is 0 Å². The smallest absolute Gasteiger partial charge is 0.352 e. The van der Waals surface area contributed by atoms with Crippen LogP contribution in [-0.2, 0) is 28.6 Å². The van der Waals surface area contributed by atoms with Crippen molar-refractivity contribution in [3.05, 3.63) is 12.5 Å². The summed E-state index contributed by atoms with van der Waals surface area (Å²) in [6.45, 7) is 4.87. The molecule has 0 aliphatic heterocycles. The lowest BCUT2D eigenvalue weighted by Gasteiger charge is -2.05. The molecule has 0 saturated carbocycles. The number of rotatable bonds is 4. The van der Waals surface area contributed by atoms with Crippen LogP contribution >= 0.6 is 0 Å². The van der Waals surface area contributed by atoms with Crippen molar-refractivity contribution in [3.8, 4) is 0 Å². The molecule has 0 aromatic carbocycles. The van der Waals surface area contributed by atoms with E-state index in [1.165, 1.54) is 0 Å². The van der Waals surface area contributed by atoms with Gasteiger partial charge in [0.2, 0.25) is 0 Å². The van der Waals surface area contributed by atoms with Crippen molar-refractivity contribution in [2.75, 3.05) is 6.61 Å². The molecule has 6 nitrogen and oxygen atoms in total. The molecule has 0 rings (SSSR count). The second kappa shape index (κ2) is 5.74. The fraction of sp³-hybridized carbons (Fsp3) is 0.375. The SMILES string of the molecule is C=C(OC(C)=O)OC(=O)COC(C)=O. The number of hydrogen-bond acceptors (Lipinski definition) is 6. The number of carbonyl (C=O) groups is 3. The highest BCUT2D eigenvalue weighted by Crippen LogP contribution is 1.97. The van der Waals surface area contributed by atoms with Gasteiger partial charge in [0.15, 0.2) is 6.61 Å². The summed E-state index contributed by atoms with van der Waals surface area (Å²) in [4.78, 5) is 31.4. The largest absolute Gasteiger partial charge is 0.454 e. The molecule has 14 heavy (non-hydrogen) atoms. The van der Waals surface area contributed by atoms with Crippen LogP contribution in [0.15, 0.2) is 12.5 Å². The maximum Gasteiger partial charge on any atom is 0.352 e. The van der Waals surface area contributed by atoms with Crippen LogP contribution in [-0.4, -0.2) is 24.5 Å². The first-order valence-electron chi connectivity index (χ1n) is 3.63. The lowest BCUT2D eigenvalue weighted by Crippen LogP contribution is -2.15. The molecule has 0 atom stereocenters. The highest BCUT2D eigenvalue weighted by molar-refractivity contribution is 5.76. The molecule has 0 amide bonds. The quantitative estimate of drug-likeness (QED) is 0.476. The molecule has 6 heteroatoms. The van der Waals surface area contributed by atoms with Crippen LogP contribution in [0.3, 0.4) is 0 Å². The monoisotopic (exact) mass is 202 g/mol. The summed E-state index contributed by atoms with van der Waals surface area (Å²) in [6.07, 6.45) is 0. The Labute approximate surface area is 80.4 Å². The average molecular weight is 202 g/mol. The minimum Gasteiger partial charge on any atom is -0.454 e. The van der Waals surface area contributed by atoms with Crippen LogP contribution in [0.25, 0.3) is 0 Å². The van der Waals surface area contributed by atoms with Crippen LogP contribution in [0.1, 0.15) is 13.8 Å². The van der Waals surface area contributed by atoms with Gasteiger partial charge in [-0.25, -0.2) is 4.79 Å². The van der Waals surface area contributed by atoms with Crippen LogP contribution in [0.2, 0.25) is 0 Å².